The largest absolute Gasteiger partial charge is 0.392 e. The number of halogens is 2. The predicted octanol–water partition coefficient (Wildman–Crippen LogP) is 2.12. The highest BCUT2D eigenvalue weighted by atomic mass is 79.9. The molecule has 1 aliphatic rings. The number of nitrogens with one attached hydrogen (secondary N) is 4. The molecule has 7 amide bonds. The summed E-state index contributed by atoms with van der Waals surface area (Å²) in [6, 6.07) is 4.00. The van der Waals surface area contributed by atoms with E-state index in [1.807, 2.05) is 0 Å². The van der Waals surface area contributed by atoms with E-state index in [1.54, 1.807) is 38.1 Å². The molecule has 43 heavy (non-hydrogen) atoms. The van der Waals surface area contributed by atoms with E-state index in [9.17, 15) is 33.9 Å². The lowest BCUT2D eigenvalue weighted by atomic mass is 10.0. The lowest BCUT2D eigenvalue weighted by Gasteiger charge is -2.25. The number of urea groups is 1. The van der Waals surface area contributed by atoms with Crippen LogP contribution in [0.25, 0.3) is 0 Å². The molecule has 1 aliphatic heterocycles. The predicted molar refractivity (Wildman–Crippen MR) is 167 cm³/mol. The smallest absolute Gasteiger partial charge is 0.312 e. The first kappa shape index (κ1) is 35.9. The Morgan fingerprint density at radius 3 is 2.09 bits per heavy atom. The molecular formula is C28H38Br2N6O7. The molecule has 2 rings (SSSR count). The topological polar surface area (TPSA) is 200 Å². The van der Waals surface area contributed by atoms with Gasteiger partial charge in [0, 0.05) is 25.2 Å². The summed E-state index contributed by atoms with van der Waals surface area (Å²) in [5.41, 5.74) is 6.25. The Kier molecular flexibility index (Phi) is 14.8. The number of nitrogens with two attached hydrogens (primary N) is 1. The zero-order valence-corrected chi connectivity index (χ0v) is 27.3. The number of anilines is 1. The molecule has 0 aromatic heterocycles. The number of carbonyl (C=O) groups excluding carboxylic acids is 6. The zero-order valence-electron chi connectivity index (χ0n) is 24.1. The number of aliphatic hydroxyl groups excluding tert-OH is 1. The van der Waals surface area contributed by atoms with E-state index < -0.39 is 41.7 Å². The summed E-state index contributed by atoms with van der Waals surface area (Å²) >= 11 is 6.17. The maximum absolute atomic E-state index is 13.2. The van der Waals surface area contributed by atoms with Gasteiger partial charge in [0.25, 0.3) is 11.8 Å². The molecule has 1 aromatic carbocycles. The van der Waals surface area contributed by atoms with Crippen LogP contribution in [0.1, 0.15) is 57.9 Å². The van der Waals surface area contributed by atoms with Gasteiger partial charge in [-0.1, -0.05) is 32.4 Å². The molecule has 0 aliphatic carbocycles. The fourth-order valence-electron chi connectivity index (χ4n) is 4.20. The van der Waals surface area contributed by atoms with Crippen molar-refractivity contribution in [3.8, 4) is 0 Å². The van der Waals surface area contributed by atoms with Crippen molar-refractivity contribution in [2.24, 2.45) is 11.7 Å². The van der Waals surface area contributed by atoms with Gasteiger partial charge in [-0.25, -0.2) is 4.79 Å². The third kappa shape index (κ3) is 11.4. The Labute approximate surface area is 267 Å². The molecule has 0 saturated carbocycles. The van der Waals surface area contributed by atoms with Crippen molar-refractivity contribution < 1.29 is 33.9 Å². The first-order valence-corrected chi connectivity index (χ1v) is 15.5. The van der Waals surface area contributed by atoms with Gasteiger partial charge in [0.2, 0.25) is 17.7 Å². The first-order chi connectivity index (χ1) is 20.3. The average Bonchev–Trinajstić information content (AvgIpc) is 3.14. The van der Waals surface area contributed by atoms with E-state index in [-0.39, 0.29) is 53.3 Å². The van der Waals surface area contributed by atoms with Gasteiger partial charge in [-0.15, -0.1) is 0 Å². The maximum Gasteiger partial charge on any atom is 0.312 e. The van der Waals surface area contributed by atoms with Gasteiger partial charge in [0.1, 0.15) is 21.0 Å². The molecular weight excluding hydrogens is 692 g/mol. The minimum atomic E-state index is -0.969. The maximum atomic E-state index is 13.2. The number of hydrogen-bond donors (Lipinski definition) is 6. The Morgan fingerprint density at radius 1 is 0.907 bits per heavy atom. The van der Waals surface area contributed by atoms with E-state index >= 15 is 0 Å². The first-order valence-electron chi connectivity index (χ1n) is 13.9. The summed E-state index contributed by atoms with van der Waals surface area (Å²) in [5.74, 6) is -2.46. The van der Waals surface area contributed by atoms with Crippen LogP contribution in [0, 0.1) is 5.92 Å². The fourth-order valence-corrected chi connectivity index (χ4v) is 4.97. The summed E-state index contributed by atoms with van der Waals surface area (Å²) in [6.45, 7) is 3.83. The van der Waals surface area contributed by atoms with Crippen LogP contribution in [0.4, 0.5) is 10.5 Å². The number of amides is 7. The molecule has 1 heterocycles. The average molecular weight is 730 g/mol. The second-order valence-corrected chi connectivity index (χ2v) is 11.9. The number of unbranched alkanes of at least 4 members (excludes halogenated alkanes) is 2. The highest BCUT2D eigenvalue weighted by molar-refractivity contribution is 9.14. The van der Waals surface area contributed by atoms with Gasteiger partial charge < -0.3 is 32.1 Å². The number of benzene rings is 1. The fraction of sp³-hybridized carbons (Fsp3) is 0.500. The van der Waals surface area contributed by atoms with Crippen LogP contribution in [0.15, 0.2) is 33.2 Å². The number of hydrogen-bond acceptors (Lipinski definition) is 7. The molecule has 2 atom stereocenters. The number of aliphatic hydroxyl groups is 1. The standard InChI is InChI=1S/C28H38Br2N6O7/c1-16(2)23(35-20(38)8-4-3-5-14-36-26(41)21(29)22(30)27(36)42)25(40)34-19(7-6-13-32-28(31)43)24(39)33-18-11-9-17(15-37)10-12-18/h9-12,16,19,23,37H,3-8,13-15H2,1-2H3,(H,33,39)(H,34,40)(H,35,38)(H3,31,32,43)/t19-,23?/m0/s1. The number of primary amides is 1. The minimum Gasteiger partial charge on any atom is -0.392 e. The highest BCUT2D eigenvalue weighted by Gasteiger charge is 2.35. The number of carbonyl (C=O) groups is 6. The molecule has 13 nitrogen and oxygen atoms in total. The molecule has 0 fully saturated rings. The molecule has 1 aromatic rings. The highest BCUT2D eigenvalue weighted by Crippen LogP contribution is 2.29. The van der Waals surface area contributed by atoms with Crippen LogP contribution < -0.4 is 27.0 Å². The Morgan fingerprint density at radius 2 is 1.53 bits per heavy atom. The molecule has 1 unspecified atom stereocenters. The molecule has 15 heteroatoms. The van der Waals surface area contributed by atoms with Gasteiger partial charge >= 0.3 is 6.03 Å². The Bertz CT molecular complexity index is 1200. The van der Waals surface area contributed by atoms with Gasteiger partial charge in [-0.2, -0.15) is 0 Å². The van der Waals surface area contributed by atoms with Crippen LogP contribution in [-0.4, -0.2) is 70.7 Å². The summed E-state index contributed by atoms with van der Waals surface area (Å²) in [4.78, 5) is 75.3. The van der Waals surface area contributed by atoms with E-state index in [2.05, 4.69) is 53.1 Å². The number of rotatable bonds is 17. The van der Waals surface area contributed by atoms with Crippen molar-refractivity contribution >= 4 is 73.1 Å². The normalized spacial score (nSPS) is 14.5. The lowest BCUT2D eigenvalue weighted by Crippen LogP contribution is -2.54. The van der Waals surface area contributed by atoms with E-state index in [0.717, 1.165) is 4.90 Å². The molecule has 0 radical (unpaired) electrons. The summed E-state index contributed by atoms with van der Waals surface area (Å²) < 4.78 is 0.377. The summed E-state index contributed by atoms with van der Waals surface area (Å²) in [5, 5.41) is 19.9. The van der Waals surface area contributed by atoms with Gasteiger partial charge in [-0.3, -0.25) is 28.9 Å². The molecule has 0 spiro atoms. The molecule has 236 valence electrons. The van der Waals surface area contributed by atoms with Gasteiger partial charge in [-0.05, 0) is 81.2 Å². The third-order valence-corrected chi connectivity index (χ3v) is 8.62. The van der Waals surface area contributed by atoms with Crippen molar-refractivity contribution in [1.82, 2.24) is 20.9 Å². The molecule has 7 N–H and O–H groups in total. The molecule has 0 saturated heterocycles. The van der Waals surface area contributed by atoms with Crippen molar-refractivity contribution in [3.63, 3.8) is 0 Å². The van der Waals surface area contributed by atoms with E-state index in [0.29, 0.717) is 36.9 Å². The van der Waals surface area contributed by atoms with E-state index in [4.69, 9.17) is 5.73 Å². The number of nitrogens with zero attached hydrogens (tertiary/aromatic N) is 1. The van der Waals surface area contributed by atoms with Crippen molar-refractivity contribution in [1.29, 1.82) is 0 Å². The van der Waals surface area contributed by atoms with Crippen LogP contribution in [0.5, 0.6) is 0 Å². The Hall–Kier alpha value is -3.30. The van der Waals surface area contributed by atoms with Crippen LogP contribution in [-0.2, 0) is 30.6 Å². The van der Waals surface area contributed by atoms with Crippen LogP contribution >= 0.6 is 31.9 Å². The van der Waals surface area contributed by atoms with Crippen LogP contribution in [0.3, 0.4) is 0 Å². The summed E-state index contributed by atoms with van der Waals surface area (Å²) in [6.07, 6.45) is 2.26. The minimum absolute atomic E-state index is 0.135. The van der Waals surface area contributed by atoms with Crippen molar-refractivity contribution in [2.45, 2.75) is 71.1 Å². The van der Waals surface area contributed by atoms with E-state index in [1.165, 1.54) is 0 Å². The lowest BCUT2D eigenvalue weighted by molar-refractivity contribution is -0.137. The third-order valence-electron chi connectivity index (χ3n) is 6.62. The second kappa shape index (κ2) is 17.7. The zero-order chi connectivity index (χ0) is 32.1. The van der Waals surface area contributed by atoms with Crippen molar-refractivity contribution in [3.05, 3.63) is 38.8 Å². The SMILES string of the molecule is CC(C)C(NC(=O)CCCCCN1C(=O)C(Br)=C(Br)C1=O)C(=O)N[C@@H](CCCNC(N)=O)C(=O)Nc1ccc(CO)cc1. The van der Waals surface area contributed by atoms with Crippen molar-refractivity contribution in [2.75, 3.05) is 18.4 Å². The van der Waals surface area contributed by atoms with Crippen LogP contribution in [0.2, 0.25) is 0 Å². The number of imide groups is 1. The monoisotopic (exact) mass is 728 g/mol. The molecule has 0 bridgehead atoms. The Balaban J connectivity index is 1.92. The van der Waals surface area contributed by atoms with Gasteiger partial charge in [0.05, 0.1) is 6.61 Å². The van der Waals surface area contributed by atoms with Gasteiger partial charge in [0.15, 0.2) is 0 Å². The second-order valence-electron chi connectivity index (χ2n) is 10.3. The quantitative estimate of drug-likeness (QED) is 0.104. The summed E-state index contributed by atoms with van der Waals surface area (Å²) in [7, 11) is 0.